The van der Waals surface area contributed by atoms with Gasteiger partial charge in [-0.2, -0.15) is 4.31 Å². The lowest BCUT2D eigenvalue weighted by Gasteiger charge is -2.30. The Hall–Kier alpha value is -2.00. The fraction of sp³-hybridized carbons (Fsp3) is 0.556. The molecule has 3 N–H and O–H groups in total. The average Bonchev–Trinajstić information content (AvgIpc) is 2.62. The normalized spacial score (nSPS) is 20.4. The molecule has 7 nitrogen and oxygen atoms in total. The highest BCUT2D eigenvalue weighted by molar-refractivity contribution is 7.89. The summed E-state index contributed by atoms with van der Waals surface area (Å²) in [6.45, 7) is 3.93. The average molecular weight is 399 g/mol. The van der Waals surface area contributed by atoms with Crippen LogP contribution in [0.4, 0.5) is 4.39 Å². The van der Waals surface area contributed by atoms with Gasteiger partial charge in [0.2, 0.25) is 15.9 Å². The maximum Gasteiger partial charge on any atom is 0.254 e. The van der Waals surface area contributed by atoms with E-state index in [1.165, 1.54) is 4.31 Å². The van der Waals surface area contributed by atoms with Gasteiger partial charge >= 0.3 is 0 Å². The van der Waals surface area contributed by atoms with Gasteiger partial charge in [-0.3, -0.25) is 9.59 Å². The summed E-state index contributed by atoms with van der Waals surface area (Å²) in [6, 6.07) is 2.68. The van der Waals surface area contributed by atoms with Crippen LogP contribution in [-0.4, -0.2) is 43.7 Å². The molecule has 2 rings (SSSR count). The first kappa shape index (κ1) is 21.3. The molecule has 1 saturated carbocycles. The second-order valence-corrected chi connectivity index (χ2v) is 8.54. The number of nitrogens with one attached hydrogen (secondary N) is 1. The quantitative estimate of drug-likeness (QED) is 0.726. The topological polar surface area (TPSA) is 110 Å². The van der Waals surface area contributed by atoms with E-state index < -0.39 is 39.6 Å². The fourth-order valence-electron chi connectivity index (χ4n) is 3.44. The van der Waals surface area contributed by atoms with Crippen molar-refractivity contribution < 1.29 is 22.4 Å². The van der Waals surface area contributed by atoms with Crippen LogP contribution in [0.5, 0.6) is 0 Å². The molecule has 1 aliphatic rings. The van der Waals surface area contributed by atoms with Gasteiger partial charge in [0.25, 0.3) is 5.91 Å². The van der Waals surface area contributed by atoms with Crippen LogP contribution in [-0.2, 0) is 14.8 Å². The van der Waals surface area contributed by atoms with E-state index in [1.54, 1.807) is 13.8 Å². The van der Waals surface area contributed by atoms with Crippen LogP contribution in [0, 0.1) is 11.7 Å². The molecule has 2 atom stereocenters. The van der Waals surface area contributed by atoms with E-state index in [0.29, 0.717) is 12.8 Å². The Bertz CT molecular complexity index is 809. The van der Waals surface area contributed by atoms with E-state index in [-0.39, 0.29) is 23.5 Å². The van der Waals surface area contributed by atoms with Crippen LogP contribution >= 0.6 is 0 Å². The number of nitrogens with two attached hydrogens (primary N) is 1. The van der Waals surface area contributed by atoms with Gasteiger partial charge in [0.05, 0.1) is 16.4 Å². The molecule has 1 fully saturated rings. The van der Waals surface area contributed by atoms with Gasteiger partial charge < -0.3 is 11.1 Å². The number of halogens is 1. The minimum absolute atomic E-state index is 0.146. The largest absolute Gasteiger partial charge is 0.369 e. The second kappa shape index (κ2) is 8.79. The van der Waals surface area contributed by atoms with E-state index >= 15 is 0 Å². The summed E-state index contributed by atoms with van der Waals surface area (Å²) in [7, 11) is -3.82. The minimum atomic E-state index is -3.82. The molecule has 27 heavy (non-hydrogen) atoms. The SMILES string of the molecule is CCN(CC)S(=O)(=O)c1ccc(F)c(C(=O)N[C@H]2CCCC[C@H]2C(N)=O)c1. The number of sulfonamides is 1. The second-order valence-electron chi connectivity index (χ2n) is 6.60. The molecule has 1 aliphatic carbocycles. The molecular formula is C18H26FN3O4S. The van der Waals surface area contributed by atoms with Crippen LogP contribution in [0.1, 0.15) is 49.9 Å². The highest BCUT2D eigenvalue weighted by Crippen LogP contribution is 2.25. The molecule has 0 aliphatic heterocycles. The first-order valence-corrected chi connectivity index (χ1v) is 10.6. The van der Waals surface area contributed by atoms with E-state index in [0.717, 1.165) is 31.0 Å². The van der Waals surface area contributed by atoms with Crippen molar-refractivity contribution in [3.8, 4) is 0 Å². The maximum absolute atomic E-state index is 14.2. The summed E-state index contributed by atoms with van der Waals surface area (Å²) in [4.78, 5) is 24.0. The van der Waals surface area contributed by atoms with E-state index in [1.807, 2.05) is 0 Å². The summed E-state index contributed by atoms with van der Waals surface area (Å²) in [5.74, 6) is -2.58. The molecule has 2 amide bonds. The summed E-state index contributed by atoms with van der Waals surface area (Å²) in [5, 5.41) is 2.66. The molecule has 0 spiro atoms. The number of hydrogen-bond donors (Lipinski definition) is 2. The van der Waals surface area contributed by atoms with Gasteiger partial charge in [-0.25, -0.2) is 12.8 Å². The zero-order valence-corrected chi connectivity index (χ0v) is 16.4. The lowest BCUT2D eigenvalue weighted by Crippen LogP contribution is -2.47. The molecule has 0 bridgehead atoms. The van der Waals surface area contributed by atoms with Crippen molar-refractivity contribution in [2.75, 3.05) is 13.1 Å². The van der Waals surface area contributed by atoms with Crippen LogP contribution < -0.4 is 11.1 Å². The standard InChI is InChI=1S/C18H26FN3O4S/c1-3-22(4-2)27(25,26)12-9-10-15(19)14(11-12)18(24)21-16-8-6-5-7-13(16)17(20)23/h9-11,13,16H,3-8H2,1-2H3,(H2,20,23)(H,21,24)/t13-,16+/m1/s1. The van der Waals surface area contributed by atoms with Crippen molar-refractivity contribution in [3.63, 3.8) is 0 Å². The highest BCUT2D eigenvalue weighted by Gasteiger charge is 2.32. The first-order valence-electron chi connectivity index (χ1n) is 9.12. The van der Waals surface area contributed by atoms with E-state index in [9.17, 15) is 22.4 Å². The van der Waals surface area contributed by atoms with Crippen molar-refractivity contribution in [3.05, 3.63) is 29.6 Å². The summed E-state index contributed by atoms with van der Waals surface area (Å²) in [6.07, 6.45) is 2.80. The van der Waals surface area contributed by atoms with Gasteiger partial charge in [-0.05, 0) is 31.0 Å². The van der Waals surface area contributed by atoms with Gasteiger partial charge in [0, 0.05) is 19.1 Å². The molecular weight excluding hydrogens is 373 g/mol. The molecule has 0 unspecified atom stereocenters. The fourth-order valence-corrected chi connectivity index (χ4v) is 4.93. The van der Waals surface area contributed by atoms with Crippen molar-refractivity contribution in [2.45, 2.75) is 50.5 Å². The third kappa shape index (κ3) is 4.65. The molecule has 0 saturated heterocycles. The third-order valence-electron chi connectivity index (χ3n) is 4.97. The highest BCUT2D eigenvalue weighted by atomic mass is 32.2. The van der Waals surface area contributed by atoms with Gasteiger partial charge in [-0.15, -0.1) is 0 Å². The summed E-state index contributed by atoms with van der Waals surface area (Å²) in [5.41, 5.74) is 5.03. The monoisotopic (exact) mass is 399 g/mol. The molecule has 1 aromatic carbocycles. The maximum atomic E-state index is 14.2. The van der Waals surface area contributed by atoms with Crippen molar-refractivity contribution in [1.29, 1.82) is 0 Å². The van der Waals surface area contributed by atoms with E-state index in [4.69, 9.17) is 5.73 Å². The molecule has 0 aromatic heterocycles. The number of hydrogen-bond acceptors (Lipinski definition) is 4. The Morgan fingerprint density at radius 3 is 2.44 bits per heavy atom. The zero-order valence-electron chi connectivity index (χ0n) is 15.6. The predicted octanol–water partition coefficient (Wildman–Crippen LogP) is 1.63. The number of primary amides is 1. The lowest BCUT2D eigenvalue weighted by molar-refractivity contribution is -0.123. The summed E-state index contributed by atoms with van der Waals surface area (Å²) < 4.78 is 40.7. The number of nitrogens with zero attached hydrogens (tertiary/aromatic N) is 1. The van der Waals surface area contributed by atoms with Gasteiger partial charge in [0.1, 0.15) is 5.82 Å². The van der Waals surface area contributed by atoms with Gasteiger partial charge in [-0.1, -0.05) is 26.7 Å². The Balaban J connectivity index is 2.30. The van der Waals surface area contributed by atoms with Crippen LogP contribution in [0.25, 0.3) is 0 Å². The Morgan fingerprint density at radius 1 is 1.22 bits per heavy atom. The Kier molecular flexibility index (Phi) is 6.94. The number of rotatable bonds is 7. The van der Waals surface area contributed by atoms with Crippen LogP contribution in [0.15, 0.2) is 23.1 Å². The summed E-state index contributed by atoms with van der Waals surface area (Å²) >= 11 is 0. The smallest absolute Gasteiger partial charge is 0.254 e. The Morgan fingerprint density at radius 2 is 1.85 bits per heavy atom. The lowest BCUT2D eigenvalue weighted by atomic mass is 9.84. The molecule has 0 heterocycles. The van der Waals surface area contributed by atoms with Gasteiger partial charge in [0.15, 0.2) is 0 Å². The van der Waals surface area contributed by atoms with Crippen LogP contribution in [0.2, 0.25) is 0 Å². The van der Waals surface area contributed by atoms with Crippen molar-refractivity contribution in [1.82, 2.24) is 9.62 Å². The number of amides is 2. The van der Waals surface area contributed by atoms with E-state index in [2.05, 4.69) is 5.32 Å². The minimum Gasteiger partial charge on any atom is -0.369 e. The van der Waals surface area contributed by atoms with Crippen LogP contribution in [0.3, 0.4) is 0 Å². The molecule has 0 radical (unpaired) electrons. The number of benzene rings is 1. The number of carbonyl (C=O) groups excluding carboxylic acids is 2. The van der Waals surface area contributed by atoms with Crippen molar-refractivity contribution in [2.24, 2.45) is 11.7 Å². The predicted molar refractivity (Wildman–Crippen MR) is 98.9 cm³/mol. The molecule has 150 valence electrons. The molecule has 1 aromatic rings. The third-order valence-corrected chi connectivity index (χ3v) is 7.02. The number of carbonyl (C=O) groups is 2. The Labute approximate surface area is 159 Å². The zero-order chi connectivity index (χ0) is 20.2. The van der Waals surface area contributed by atoms with Crippen molar-refractivity contribution >= 4 is 21.8 Å². The molecule has 9 heteroatoms. The first-order chi connectivity index (χ1) is 12.7.